The number of nitrogens with one attached hydrogen (secondary N) is 8. The van der Waals surface area contributed by atoms with Crippen LogP contribution in [0.25, 0.3) is 0 Å². The minimum Gasteiger partial charge on any atom is -0.480 e. The molecule has 0 spiro atoms. The third-order valence-electron chi connectivity index (χ3n) is 9.60. The molecule has 0 bridgehead atoms. The van der Waals surface area contributed by atoms with Gasteiger partial charge in [-0.2, -0.15) is 0 Å². The maximum atomic E-state index is 13.5. The number of aliphatic carboxylic acids is 1. The summed E-state index contributed by atoms with van der Waals surface area (Å²) in [6.45, 7) is 17.0. The van der Waals surface area contributed by atoms with Gasteiger partial charge in [-0.15, -0.1) is 0 Å². The Morgan fingerprint density at radius 3 is 1.43 bits per heavy atom. The number of nitrogens with two attached hydrogens (primary N) is 1. The van der Waals surface area contributed by atoms with Gasteiger partial charge in [-0.05, 0) is 50.9 Å². The number of carbonyl (C=O) groups is 9. The predicted octanol–water partition coefficient (Wildman–Crippen LogP) is -1.86. The van der Waals surface area contributed by atoms with Crippen LogP contribution in [-0.2, 0) is 43.2 Å². The lowest BCUT2D eigenvalue weighted by atomic mass is 9.96. The Labute approximate surface area is 341 Å². The normalized spacial score (nSPS) is 16.4. The standard InChI is InChI=1S/C38H69N9O11/c1-12-20(7)31(45-28(50)16-40-33(52)22(9)43-34(53)23(10)42-27(49)15-25(39)24(11)48)36(55)41-17-29(51)46-32(21(8)13-2)37(56)44-26(14-18(3)4)35(54)47-30(19(5)6)38(57)58/h18-26,30-32,48H,12-17,39H2,1-11H3,(H,40,52)(H,41,55)(H,42,49)(H,43,53)(H,44,56)(H,45,50)(H,46,51)(H,47,54)(H,57,58)/t20-,21-,22-,23-,24-,25+,26-,30-,31-,32-/m0/s1. The molecule has 332 valence electrons. The second kappa shape index (κ2) is 26.2. The number of carbonyl (C=O) groups excluding carboxylic acids is 8. The van der Waals surface area contributed by atoms with E-state index in [9.17, 15) is 53.4 Å². The van der Waals surface area contributed by atoms with Crippen LogP contribution in [0.5, 0.6) is 0 Å². The molecule has 0 radical (unpaired) electrons. The molecular weight excluding hydrogens is 758 g/mol. The van der Waals surface area contributed by atoms with Crippen LogP contribution in [0.1, 0.15) is 102 Å². The van der Waals surface area contributed by atoms with E-state index in [0.717, 1.165) is 0 Å². The second-order valence-corrected chi connectivity index (χ2v) is 15.7. The average molecular weight is 828 g/mol. The maximum Gasteiger partial charge on any atom is 0.326 e. The van der Waals surface area contributed by atoms with E-state index >= 15 is 0 Å². The number of carboxylic acids is 1. The number of carboxylic acid groups (broad SMARTS) is 1. The second-order valence-electron chi connectivity index (χ2n) is 15.7. The molecule has 12 N–H and O–H groups in total. The van der Waals surface area contributed by atoms with Gasteiger partial charge in [0.05, 0.1) is 19.2 Å². The Balaban J connectivity index is 5.44. The van der Waals surface area contributed by atoms with E-state index in [1.807, 2.05) is 13.8 Å². The number of aliphatic hydroxyl groups excluding tert-OH is 1. The molecule has 0 aromatic heterocycles. The molecule has 0 saturated carbocycles. The predicted molar refractivity (Wildman–Crippen MR) is 214 cm³/mol. The first-order chi connectivity index (χ1) is 26.9. The topological polar surface area (TPSA) is 316 Å². The van der Waals surface area contributed by atoms with E-state index in [-0.39, 0.29) is 18.8 Å². The summed E-state index contributed by atoms with van der Waals surface area (Å²) in [5, 5.41) is 39.0. The van der Waals surface area contributed by atoms with Crippen LogP contribution < -0.4 is 48.3 Å². The molecule has 0 aliphatic rings. The van der Waals surface area contributed by atoms with E-state index in [1.54, 1.807) is 41.5 Å². The molecule has 0 saturated heterocycles. The molecular formula is C38H69N9O11. The van der Waals surface area contributed by atoms with Gasteiger partial charge >= 0.3 is 5.97 Å². The fourth-order valence-corrected chi connectivity index (χ4v) is 5.34. The van der Waals surface area contributed by atoms with E-state index in [4.69, 9.17) is 5.73 Å². The van der Waals surface area contributed by atoms with Gasteiger partial charge in [-0.1, -0.05) is 68.2 Å². The molecule has 0 aromatic carbocycles. The van der Waals surface area contributed by atoms with Crippen molar-refractivity contribution in [1.82, 2.24) is 42.5 Å². The summed E-state index contributed by atoms with van der Waals surface area (Å²) in [4.78, 5) is 115. The molecule has 0 fully saturated rings. The molecule has 8 amide bonds. The smallest absolute Gasteiger partial charge is 0.326 e. The van der Waals surface area contributed by atoms with Crippen LogP contribution in [0.15, 0.2) is 0 Å². The van der Waals surface area contributed by atoms with Gasteiger partial charge in [0.2, 0.25) is 47.3 Å². The summed E-state index contributed by atoms with van der Waals surface area (Å²) in [5.74, 6) is -7.98. The highest BCUT2D eigenvalue weighted by atomic mass is 16.4. The number of rotatable bonds is 26. The van der Waals surface area contributed by atoms with Gasteiger partial charge in [0.15, 0.2) is 0 Å². The average Bonchev–Trinajstić information content (AvgIpc) is 3.14. The monoisotopic (exact) mass is 828 g/mol. The lowest BCUT2D eigenvalue weighted by Crippen LogP contribution is -2.59. The summed E-state index contributed by atoms with van der Waals surface area (Å²) in [6.07, 6.45) is -0.0440. The van der Waals surface area contributed by atoms with Crippen molar-refractivity contribution in [1.29, 1.82) is 0 Å². The zero-order valence-electron chi connectivity index (χ0n) is 35.8. The van der Waals surface area contributed by atoms with E-state index in [2.05, 4.69) is 42.5 Å². The highest BCUT2D eigenvalue weighted by Crippen LogP contribution is 2.12. The van der Waals surface area contributed by atoms with Gasteiger partial charge in [-0.25, -0.2) is 4.79 Å². The lowest BCUT2D eigenvalue weighted by Gasteiger charge is -2.28. The fraction of sp³-hybridized carbons (Fsp3) is 0.763. The molecule has 0 aliphatic carbocycles. The highest BCUT2D eigenvalue weighted by molar-refractivity contribution is 5.96. The third-order valence-corrected chi connectivity index (χ3v) is 9.60. The van der Waals surface area contributed by atoms with Crippen LogP contribution in [0.2, 0.25) is 0 Å². The maximum absolute atomic E-state index is 13.5. The van der Waals surface area contributed by atoms with Crippen LogP contribution >= 0.6 is 0 Å². The number of hydrogen-bond acceptors (Lipinski definition) is 11. The summed E-state index contributed by atoms with van der Waals surface area (Å²) in [5.41, 5.74) is 5.67. The molecule has 0 heterocycles. The molecule has 10 atom stereocenters. The van der Waals surface area contributed by atoms with E-state index < -0.39 is 132 Å². The van der Waals surface area contributed by atoms with E-state index in [1.165, 1.54) is 20.8 Å². The summed E-state index contributed by atoms with van der Waals surface area (Å²) < 4.78 is 0. The van der Waals surface area contributed by atoms with Crippen LogP contribution in [0.3, 0.4) is 0 Å². The zero-order valence-corrected chi connectivity index (χ0v) is 35.8. The lowest BCUT2D eigenvalue weighted by molar-refractivity contribution is -0.143. The van der Waals surface area contributed by atoms with Gasteiger partial charge in [0.1, 0.15) is 36.3 Å². The van der Waals surface area contributed by atoms with Crippen molar-refractivity contribution in [2.24, 2.45) is 29.4 Å². The minimum absolute atomic E-state index is 0.0542. The highest BCUT2D eigenvalue weighted by Gasteiger charge is 2.33. The van der Waals surface area contributed by atoms with Gasteiger partial charge < -0.3 is 58.5 Å². The van der Waals surface area contributed by atoms with Gasteiger partial charge in [0.25, 0.3) is 0 Å². The third kappa shape index (κ3) is 19.5. The Kier molecular flexibility index (Phi) is 24.0. The van der Waals surface area contributed by atoms with Crippen molar-refractivity contribution in [3.63, 3.8) is 0 Å². The Morgan fingerprint density at radius 2 is 1.00 bits per heavy atom. The minimum atomic E-state index is -1.22. The van der Waals surface area contributed by atoms with Crippen molar-refractivity contribution in [2.45, 2.75) is 150 Å². The molecule has 20 nitrogen and oxygen atoms in total. The summed E-state index contributed by atoms with van der Waals surface area (Å²) >= 11 is 0. The first kappa shape index (κ1) is 53.1. The van der Waals surface area contributed by atoms with Crippen LogP contribution in [0.4, 0.5) is 0 Å². The number of amides is 8. The van der Waals surface area contributed by atoms with Crippen LogP contribution in [-0.4, -0.2) is 125 Å². The van der Waals surface area contributed by atoms with Crippen molar-refractivity contribution in [2.75, 3.05) is 13.1 Å². The largest absolute Gasteiger partial charge is 0.480 e. The molecule has 0 unspecified atom stereocenters. The molecule has 0 aliphatic heterocycles. The van der Waals surface area contributed by atoms with Gasteiger partial charge in [-0.3, -0.25) is 38.4 Å². The van der Waals surface area contributed by atoms with E-state index in [0.29, 0.717) is 12.8 Å². The quantitative estimate of drug-likeness (QED) is 0.0458. The first-order valence-electron chi connectivity index (χ1n) is 19.9. The van der Waals surface area contributed by atoms with Crippen molar-refractivity contribution in [3.8, 4) is 0 Å². The van der Waals surface area contributed by atoms with Crippen molar-refractivity contribution < 1.29 is 53.4 Å². The summed E-state index contributed by atoms with van der Waals surface area (Å²) in [6, 6.07) is -7.46. The molecule has 58 heavy (non-hydrogen) atoms. The SMILES string of the molecule is CC[C@H](C)[C@H](NC(=O)CNC(=O)[C@H](C)NC(=O)[C@H](C)NC(=O)C[C@@H](N)[C@H](C)O)C(=O)NCC(=O)N[C@H](C(=O)N[C@@H](CC(C)C)C(=O)N[C@H](C(=O)O)C(C)C)[C@@H](C)CC. The molecule has 0 aromatic rings. The Bertz CT molecular complexity index is 1430. The van der Waals surface area contributed by atoms with Gasteiger partial charge in [0, 0.05) is 12.5 Å². The Hall–Kier alpha value is -4.85. The molecule has 20 heteroatoms. The fourth-order valence-electron chi connectivity index (χ4n) is 5.34. The van der Waals surface area contributed by atoms with Crippen LogP contribution in [0, 0.1) is 23.7 Å². The first-order valence-corrected chi connectivity index (χ1v) is 19.9. The Morgan fingerprint density at radius 1 is 0.534 bits per heavy atom. The van der Waals surface area contributed by atoms with Crippen molar-refractivity contribution in [3.05, 3.63) is 0 Å². The zero-order chi connectivity index (χ0) is 45.0. The molecule has 0 rings (SSSR count). The number of hydrogen-bond donors (Lipinski definition) is 11. The number of aliphatic hydroxyl groups is 1. The summed E-state index contributed by atoms with van der Waals surface area (Å²) in [7, 11) is 0. The van der Waals surface area contributed by atoms with Crippen molar-refractivity contribution >= 4 is 53.2 Å².